The van der Waals surface area contributed by atoms with Crippen LogP contribution in [0.25, 0.3) is 22.2 Å². The van der Waals surface area contributed by atoms with Crippen molar-refractivity contribution >= 4 is 22.8 Å². The van der Waals surface area contributed by atoms with Crippen molar-refractivity contribution in [1.29, 1.82) is 0 Å². The average Bonchev–Trinajstić information content (AvgIpc) is 3.20. The molecule has 0 atom stereocenters. The molecule has 2 heterocycles. The first-order valence-corrected chi connectivity index (χ1v) is 12.7. The quantitative estimate of drug-likeness (QED) is 0.337. The van der Waals surface area contributed by atoms with Crippen LogP contribution in [0.1, 0.15) is 54.9 Å². The van der Waals surface area contributed by atoms with E-state index in [9.17, 15) is 14.7 Å². The molecule has 0 aliphatic heterocycles. The minimum atomic E-state index is -0.560. The highest BCUT2D eigenvalue weighted by Gasteiger charge is 2.21. The molecule has 0 unspecified atom stereocenters. The van der Waals surface area contributed by atoms with E-state index in [1.165, 1.54) is 0 Å². The fraction of sp³-hybridized carbons (Fsp3) is 0.333. The number of carbonyl (C=O) groups is 2. The zero-order chi connectivity index (χ0) is 27.6. The standard InChI is InChI=1S/C30H34N4O4/c1-7-34-19(2)22(17-31-34)18-33(6)29(37)25-16-27(32-26-12-11-23(35)15-24(25)26)21-10-8-9-20(13-21)14-28(36)38-30(3,4)5/h8-13,15-17,35H,7,14,18H2,1-6H3. The number of hydrogen-bond donors (Lipinski definition) is 1. The molecule has 2 aromatic heterocycles. The van der Waals surface area contributed by atoms with Gasteiger partial charge in [0, 0.05) is 42.3 Å². The second-order valence-corrected chi connectivity index (χ2v) is 10.5. The third kappa shape index (κ3) is 6.02. The third-order valence-corrected chi connectivity index (χ3v) is 6.27. The molecule has 8 heteroatoms. The van der Waals surface area contributed by atoms with Gasteiger partial charge in [-0.2, -0.15) is 5.10 Å². The van der Waals surface area contributed by atoms with Crippen LogP contribution in [0, 0.1) is 6.92 Å². The first kappa shape index (κ1) is 26.9. The van der Waals surface area contributed by atoms with Crippen LogP contribution in [0.5, 0.6) is 5.75 Å². The molecule has 0 fully saturated rings. The van der Waals surface area contributed by atoms with Gasteiger partial charge in [-0.05, 0) is 70.5 Å². The maximum Gasteiger partial charge on any atom is 0.310 e. The molecule has 0 bridgehead atoms. The van der Waals surface area contributed by atoms with E-state index >= 15 is 0 Å². The number of amides is 1. The molecule has 4 aromatic rings. The summed E-state index contributed by atoms with van der Waals surface area (Å²) in [5, 5.41) is 15.1. The number of aromatic hydroxyl groups is 1. The monoisotopic (exact) mass is 514 g/mol. The molecule has 2 aromatic carbocycles. The Morgan fingerprint density at radius 1 is 1.11 bits per heavy atom. The summed E-state index contributed by atoms with van der Waals surface area (Å²) in [5.41, 5.74) is 4.61. The smallest absolute Gasteiger partial charge is 0.310 e. The molecule has 0 saturated heterocycles. The van der Waals surface area contributed by atoms with E-state index in [-0.39, 0.29) is 24.0 Å². The maximum atomic E-state index is 13.7. The van der Waals surface area contributed by atoms with Crippen molar-refractivity contribution < 1.29 is 19.4 Å². The second-order valence-electron chi connectivity index (χ2n) is 10.5. The van der Waals surface area contributed by atoms with Crippen LogP contribution < -0.4 is 0 Å². The molecule has 0 radical (unpaired) electrons. The molecule has 0 spiro atoms. The normalized spacial score (nSPS) is 11.5. The molecule has 1 amide bonds. The Morgan fingerprint density at radius 2 is 1.87 bits per heavy atom. The van der Waals surface area contributed by atoms with E-state index in [1.54, 1.807) is 42.4 Å². The average molecular weight is 515 g/mol. The number of rotatable bonds is 7. The van der Waals surface area contributed by atoms with Crippen LogP contribution in [0.3, 0.4) is 0 Å². The molecule has 0 aliphatic carbocycles. The zero-order valence-electron chi connectivity index (χ0n) is 22.8. The number of phenolic OH excluding ortho intramolecular Hbond substituents is 1. The second kappa shape index (κ2) is 10.7. The Kier molecular flexibility index (Phi) is 7.53. The van der Waals surface area contributed by atoms with E-state index < -0.39 is 5.60 Å². The number of aryl methyl sites for hydroxylation is 1. The van der Waals surface area contributed by atoms with Gasteiger partial charge in [0.2, 0.25) is 0 Å². The lowest BCUT2D eigenvalue weighted by Crippen LogP contribution is -2.26. The highest BCUT2D eigenvalue weighted by molar-refractivity contribution is 6.07. The highest BCUT2D eigenvalue weighted by Crippen LogP contribution is 2.29. The number of pyridine rings is 1. The summed E-state index contributed by atoms with van der Waals surface area (Å²) < 4.78 is 7.36. The lowest BCUT2D eigenvalue weighted by atomic mass is 10.0. The summed E-state index contributed by atoms with van der Waals surface area (Å²) in [7, 11) is 1.75. The van der Waals surface area contributed by atoms with E-state index in [0.717, 1.165) is 28.9 Å². The summed E-state index contributed by atoms with van der Waals surface area (Å²) in [5.74, 6) is -0.447. The van der Waals surface area contributed by atoms with Crippen molar-refractivity contribution in [2.75, 3.05) is 7.05 Å². The van der Waals surface area contributed by atoms with E-state index in [2.05, 4.69) is 5.10 Å². The molecule has 198 valence electrons. The molecule has 1 N–H and O–H groups in total. The van der Waals surface area contributed by atoms with Gasteiger partial charge in [0.1, 0.15) is 11.4 Å². The van der Waals surface area contributed by atoms with Gasteiger partial charge in [0.25, 0.3) is 5.91 Å². The van der Waals surface area contributed by atoms with Crippen molar-refractivity contribution in [2.24, 2.45) is 0 Å². The highest BCUT2D eigenvalue weighted by atomic mass is 16.6. The number of benzene rings is 2. The minimum absolute atomic E-state index is 0.0585. The van der Waals surface area contributed by atoms with Gasteiger partial charge in [-0.25, -0.2) is 4.98 Å². The number of aromatic nitrogens is 3. The van der Waals surface area contributed by atoms with E-state index in [0.29, 0.717) is 28.7 Å². The van der Waals surface area contributed by atoms with Crippen LogP contribution in [0.2, 0.25) is 0 Å². The summed E-state index contributed by atoms with van der Waals surface area (Å²) in [6, 6.07) is 14.1. The predicted molar refractivity (Wildman–Crippen MR) is 147 cm³/mol. The Balaban J connectivity index is 1.70. The van der Waals surface area contributed by atoms with Crippen LogP contribution in [0.4, 0.5) is 0 Å². The Morgan fingerprint density at radius 3 is 2.55 bits per heavy atom. The van der Waals surface area contributed by atoms with Crippen molar-refractivity contribution in [1.82, 2.24) is 19.7 Å². The third-order valence-electron chi connectivity index (χ3n) is 6.27. The van der Waals surface area contributed by atoms with Gasteiger partial charge in [-0.15, -0.1) is 0 Å². The lowest BCUT2D eigenvalue weighted by molar-refractivity contribution is -0.153. The van der Waals surface area contributed by atoms with Gasteiger partial charge >= 0.3 is 5.97 Å². The molecule has 0 saturated carbocycles. The van der Waals surface area contributed by atoms with E-state index in [4.69, 9.17) is 9.72 Å². The zero-order valence-corrected chi connectivity index (χ0v) is 22.8. The van der Waals surface area contributed by atoms with Gasteiger partial charge in [-0.3, -0.25) is 14.3 Å². The number of nitrogens with zero attached hydrogens (tertiary/aromatic N) is 4. The summed E-state index contributed by atoms with van der Waals surface area (Å²) in [6.07, 6.45) is 1.92. The van der Waals surface area contributed by atoms with Gasteiger partial charge in [0.15, 0.2) is 0 Å². The Hall–Kier alpha value is -4.20. The summed E-state index contributed by atoms with van der Waals surface area (Å²) >= 11 is 0. The van der Waals surface area contributed by atoms with Crippen molar-refractivity contribution in [3.05, 3.63) is 77.1 Å². The van der Waals surface area contributed by atoms with Crippen molar-refractivity contribution in [3.63, 3.8) is 0 Å². The maximum absolute atomic E-state index is 13.7. The first-order valence-electron chi connectivity index (χ1n) is 12.7. The van der Waals surface area contributed by atoms with Crippen molar-refractivity contribution in [2.45, 2.75) is 59.7 Å². The summed E-state index contributed by atoms with van der Waals surface area (Å²) in [4.78, 5) is 32.5. The van der Waals surface area contributed by atoms with Crippen molar-refractivity contribution in [3.8, 4) is 17.0 Å². The van der Waals surface area contributed by atoms with Crippen LogP contribution >= 0.6 is 0 Å². The van der Waals surface area contributed by atoms with Crippen LogP contribution in [-0.4, -0.2) is 49.3 Å². The minimum Gasteiger partial charge on any atom is -0.508 e. The molecule has 8 nitrogen and oxygen atoms in total. The first-order chi connectivity index (χ1) is 17.9. The number of esters is 1. The number of hydrogen-bond acceptors (Lipinski definition) is 6. The largest absolute Gasteiger partial charge is 0.508 e. The number of fused-ring (bicyclic) bond motifs is 1. The number of carbonyl (C=O) groups excluding carboxylic acids is 2. The number of ether oxygens (including phenoxy) is 1. The SMILES string of the molecule is CCn1ncc(CN(C)C(=O)c2cc(-c3cccc(CC(=O)OC(C)(C)C)c3)nc3ccc(O)cc23)c1C. The van der Waals surface area contributed by atoms with Gasteiger partial charge in [0.05, 0.1) is 29.4 Å². The number of phenols is 1. The lowest BCUT2D eigenvalue weighted by Gasteiger charge is -2.20. The Labute approximate surface area is 222 Å². The van der Waals surface area contributed by atoms with E-state index in [1.807, 2.05) is 63.6 Å². The fourth-order valence-electron chi connectivity index (χ4n) is 4.42. The predicted octanol–water partition coefficient (Wildman–Crippen LogP) is 5.29. The molecular formula is C30H34N4O4. The Bertz CT molecular complexity index is 1500. The molecule has 4 rings (SSSR count). The molecular weight excluding hydrogens is 480 g/mol. The van der Waals surface area contributed by atoms with Gasteiger partial charge < -0.3 is 14.7 Å². The summed E-state index contributed by atoms with van der Waals surface area (Å²) in [6.45, 7) is 10.7. The molecule has 0 aliphatic rings. The van der Waals surface area contributed by atoms with Crippen LogP contribution in [-0.2, 0) is 29.0 Å². The van der Waals surface area contributed by atoms with Crippen LogP contribution in [0.15, 0.2) is 54.7 Å². The molecule has 38 heavy (non-hydrogen) atoms. The van der Waals surface area contributed by atoms with Gasteiger partial charge in [-0.1, -0.05) is 18.2 Å². The fourth-order valence-corrected chi connectivity index (χ4v) is 4.42. The topological polar surface area (TPSA) is 97.6 Å².